The van der Waals surface area contributed by atoms with Crippen LogP contribution in [0, 0.1) is 0 Å². The molecule has 9 heteroatoms. The second-order valence-electron chi connectivity index (χ2n) is 7.37. The van der Waals surface area contributed by atoms with E-state index in [1.54, 1.807) is 29.0 Å². The third-order valence-corrected chi connectivity index (χ3v) is 5.63. The van der Waals surface area contributed by atoms with Gasteiger partial charge in [0.15, 0.2) is 0 Å². The summed E-state index contributed by atoms with van der Waals surface area (Å²) in [6.45, 7) is 0.894. The molecular weight excluding hydrogens is 382 g/mol. The lowest BCUT2D eigenvalue weighted by atomic mass is 10.1. The number of ether oxygens (including phenoxy) is 1. The number of hydrogen-bond acceptors (Lipinski definition) is 6. The van der Waals surface area contributed by atoms with E-state index in [1.807, 2.05) is 0 Å². The molecule has 2 aliphatic rings. The number of nitrogens with zero attached hydrogens (tertiary/aromatic N) is 3. The van der Waals surface area contributed by atoms with E-state index in [9.17, 15) is 9.90 Å². The molecule has 28 heavy (non-hydrogen) atoms. The fraction of sp³-hybridized carbons (Fsp3) is 0.421. The number of aliphatic hydroxyl groups excluding tert-OH is 1. The monoisotopic (exact) mass is 401 g/mol. The standard InChI is InChI=1S/C19H20ClN5O3/c20-12-7-21-18(23-13-3-4-28-9-17(13)26)5-11(12)14-6-15-19(27)22-8-16(10-1-2-10)25(15)24-14/h5-8,10,13,17,26H,1-4,9H2,(H,21,23)(H,22,27)/t13-,17-/m1/s1. The molecule has 3 aromatic rings. The molecule has 0 radical (unpaired) electrons. The van der Waals surface area contributed by atoms with Crippen LogP contribution in [0.25, 0.3) is 16.8 Å². The fourth-order valence-electron chi connectivity index (χ4n) is 3.61. The maximum Gasteiger partial charge on any atom is 0.274 e. The molecule has 0 amide bonds. The minimum Gasteiger partial charge on any atom is -0.389 e. The molecule has 4 heterocycles. The minimum atomic E-state index is -0.593. The average Bonchev–Trinajstić information content (AvgIpc) is 3.43. The number of hydrogen-bond donors (Lipinski definition) is 3. The number of fused-ring (bicyclic) bond motifs is 1. The van der Waals surface area contributed by atoms with Crippen molar-refractivity contribution in [3.63, 3.8) is 0 Å². The minimum absolute atomic E-state index is 0.138. The zero-order chi connectivity index (χ0) is 19.3. The van der Waals surface area contributed by atoms with Crippen molar-refractivity contribution < 1.29 is 9.84 Å². The largest absolute Gasteiger partial charge is 0.389 e. The van der Waals surface area contributed by atoms with Crippen molar-refractivity contribution in [2.75, 3.05) is 18.5 Å². The Hall–Kier alpha value is -2.42. The Morgan fingerprint density at radius 1 is 1.32 bits per heavy atom. The number of pyridine rings is 1. The van der Waals surface area contributed by atoms with Gasteiger partial charge in [0, 0.05) is 30.5 Å². The zero-order valence-corrected chi connectivity index (χ0v) is 15.8. The highest BCUT2D eigenvalue weighted by atomic mass is 35.5. The summed E-state index contributed by atoms with van der Waals surface area (Å²) in [5.41, 5.74) is 2.63. The summed E-state index contributed by atoms with van der Waals surface area (Å²) in [6, 6.07) is 3.41. The number of H-pyrrole nitrogens is 1. The van der Waals surface area contributed by atoms with E-state index in [0.717, 1.165) is 18.5 Å². The molecule has 3 N–H and O–H groups in total. The summed E-state index contributed by atoms with van der Waals surface area (Å²) in [6.07, 6.45) is 5.61. The van der Waals surface area contributed by atoms with Crippen molar-refractivity contribution in [2.24, 2.45) is 0 Å². The second kappa shape index (κ2) is 6.88. The van der Waals surface area contributed by atoms with Crippen LogP contribution in [-0.2, 0) is 4.74 Å². The molecule has 5 rings (SSSR count). The molecule has 2 fully saturated rings. The summed E-state index contributed by atoms with van der Waals surface area (Å²) in [5.74, 6) is 1.03. The topological polar surface area (TPSA) is 105 Å². The second-order valence-corrected chi connectivity index (χ2v) is 7.78. The van der Waals surface area contributed by atoms with Crippen molar-refractivity contribution in [1.29, 1.82) is 0 Å². The maximum atomic E-state index is 12.3. The normalized spacial score (nSPS) is 22.5. The van der Waals surface area contributed by atoms with Gasteiger partial charge < -0.3 is 20.1 Å². The fourth-order valence-corrected chi connectivity index (χ4v) is 3.81. The number of halogens is 1. The van der Waals surface area contributed by atoms with E-state index in [4.69, 9.17) is 16.3 Å². The Kier molecular flexibility index (Phi) is 4.34. The van der Waals surface area contributed by atoms with Crippen LogP contribution < -0.4 is 10.9 Å². The first-order valence-electron chi connectivity index (χ1n) is 9.40. The van der Waals surface area contributed by atoms with Gasteiger partial charge in [-0.05, 0) is 31.4 Å². The highest BCUT2D eigenvalue weighted by Crippen LogP contribution is 2.40. The predicted octanol–water partition coefficient (Wildman–Crippen LogP) is 2.18. The lowest BCUT2D eigenvalue weighted by molar-refractivity contribution is -0.0135. The third kappa shape index (κ3) is 3.17. The van der Waals surface area contributed by atoms with E-state index in [1.165, 1.54) is 0 Å². The summed E-state index contributed by atoms with van der Waals surface area (Å²) >= 11 is 6.39. The number of aliphatic hydroxyl groups is 1. The van der Waals surface area contributed by atoms with Crippen molar-refractivity contribution in [1.82, 2.24) is 19.6 Å². The van der Waals surface area contributed by atoms with E-state index in [-0.39, 0.29) is 11.6 Å². The SMILES string of the molecule is O=c1[nH]cc(C2CC2)n2nc(-c3cc(N[C@@H]4CCOC[C@H]4O)ncc3Cl)cc12. The maximum absolute atomic E-state index is 12.3. The van der Waals surface area contributed by atoms with Crippen molar-refractivity contribution in [3.05, 3.63) is 45.6 Å². The van der Waals surface area contributed by atoms with Gasteiger partial charge in [-0.2, -0.15) is 5.10 Å². The highest BCUT2D eigenvalue weighted by Gasteiger charge is 2.28. The quantitative estimate of drug-likeness (QED) is 0.619. The molecule has 1 aliphatic heterocycles. The summed E-state index contributed by atoms with van der Waals surface area (Å²) in [7, 11) is 0. The Morgan fingerprint density at radius 2 is 2.18 bits per heavy atom. The molecule has 0 bridgehead atoms. The van der Waals surface area contributed by atoms with Crippen LogP contribution in [0.2, 0.25) is 5.02 Å². The van der Waals surface area contributed by atoms with Crippen LogP contribution in [0.5, 0.6) is 0 Å². The number of aromatic nitrogens is 4. The van der Waals surface area contributed by atoms with E-state index in [0.29, 0.717) is 53.2 Å². The summed E-state index contributed by atoms with van der Waals surface area (Å²) in [5, 5.41) is 18.4. The number of nitrogens with one attached hydrogen (secondary N) is 2. The van der Waals surface area contributed by atoms with E-state index in [2.05, 4.69) is 20.4 Å². The number of anilines is 1. The van der Waals surface area contributed by atoms with Gasteiger partial charge in [0.25, 0.3) is 5.56 Å². The Bertz CT molecular complexity index is 1090. The molecule has 3 aromatic heterocycles. The first kappa shape index (κ1) is 17.7. The van der Waals surface area contributed by atoms with Crippen molar-refractivity contribution >= 4 is 22.9 Å². The first-order chi connectivity index (χ1) is 13.6. The average molecular weight is 402 g/mol. The summed E-state index contributed by atoms with van der Waals surface area (Å²) < 4.78 is 6.99. The molecule has 8 nitrogen and oxygen atoms in total. The van der Waals surface area contributed by atoms with Gasteiger partial charge >= 0.3 is 0 Å². The van der Waals surface area contributed by atoms with Crippen molar-refractivity contribution in [2.45, 2.75) is 37.3 Å². The van der Waals surface area contributed by atoms with Crippen LogP contribution in [0.1, 0.15) is 30.9 Å². The Balaban J connectivity index is 1.53. The van der Waals surface area contributed by atoms with Crippen LogP contribution in [-0.4, -0.2) is 50.0 Å². The Labute approximate surface area is 165 Å². The van der Waals surface area contributed by atoms with Gasteiger partial charge in [-0.25, -0.2) is 9.50 Å². The smallest absolute Gasteiger partial charge is 0.274 e. The number of aromatic amines is 1. The van der Waals surface area contributed by atoms with Crippen LogP contribution in [0.3, 0.4) is 0 Å². The highest BCUT2D eigenvalue weighted by molar-refractivity contribution is 6.33. The molecule has 1 saturated carbocycles. The van der Waals surface area contributed by atoms with Gasteiger partial charge in [-0.3, -0.25) is 4.79 Å². The first-order valence-corrected chi connectivity index (χ1v) is 9.77. The third-order valence-electron chi connectivity index (χ3n) is 5.32. The molecular formula is C19H20ClN5O3. The van der Waals surface area contributed by atoms with Gasteiger partial charge in [0.2, 0.25) is 0 Å². The van der Waals surface area contributed by atoms with Crippen LogP contribution in [0.4, 0.5) is 5.82 Å². The molecule has 0 spiro atoms. The van der Waals surface area contributed by atoms with Crippen LogP contribution in [0.15, 0.2) is 29.3 Å². The molecule has 0 aromatic carbocycles. The predicted molar refractivity (Wildman–Crippen MR) is 105 cm³/mol. The molecule has 2 atom stereocenters. The molecule has 1 saturated heterocycles. The summed E-state index contributed by atoms with van der Waals surface area (Å²) in [4.78, 5) is 19.4. The van der Waals surface area contributed by atoms with E-state index >= 15 is 0 Å². The Morgan fingerprint density at radius 3 is 2.96 bits per heavy atom. The number of rotatable bonds is 4. The van der Waals surface area contributed by atoms with Crippen LogP contribution >= 0.6 is 11.6 Å². The van der Waals surface area contributed by atoms with Crippen molar-refractivity contribution in [3.8, 4) is 11.3 Å². The molecule has 1 aliphatic carbocycles. The lowest BCUT2D eigenvalue weighted by Crippen LogP contribution is -2.42. The van der Waals surface area contributed by atoms with Gasteiger partial charge in [-0.15, -0.1) is 0 Å². The van der Waals surface area contributed by atoms with Gasteiger partial charge in [0.1, 0.15) is 11.3 Å². The lowest BCUT2D eigenvalue weighted by Gasteiger charge is -2.28. The van der Waals surface area contributed by atoms with E-state index < -0.39 is 6.10 Å². The van der Waals surface area contributed by atoms with Gasteiger partial charge in [-0.1, -0.05) is 11.6 Å². The molecule has 0 unspecified atom stereocenters. The van der Waals surface area contributed by atoms with Gasteiger partial charge in [0.05, 0.1) is 35.2 Å². The molecule has 146 valence electrons. The zero-order valence-electron chi connectivity index (χ0n) is 15.1.